The molecule has 1 aliphatic rings. The van der Waals surface area contributed by atoms with Gasteiger partial charge in [-0.2, -0.15) is 0 Å². The molecule has 0 atom stereocenters. The molecule has 0 unspecified atom stereocenters. The third-order valence-corrected chi connectivity index (χ3v) is 3.65. The highest BCUT2D eigenvalue weighted by atomic mass is 16.5. The maximum atomic E-state index is 12.6. The van der Waals surface area contributed by atoms with Crippen LogP contribution >= 0.6 is 0 Å². The van der Waals surface area contributed by atoms with Gasteiger partial charge in [-0.3, -0.25) is 4.79 Å². The Balaban J connectivity index is 1.92. The minimum Gasteiger partial charge on any atom is -0.504 e. The van der Waals surface area contributed by atoms with E-state index in [0.717, 1.165) is 0 Å². The van der Waals surface area contributed by atoms with Crippen LogP contribution < -0.4 is 14.2 Å². The number of methoxy groups -OCH3 is 2. The minimum atomic E-state index is -0.0933. The molecule has 0 radical (unpaired) electrons. The van der Waals surface area contributed by atoms with Crippen molar-refractivity contribution in [1.82, 2.24) is 0 Å². The highest BCUT2D eigenvalue weighted by Gasteiger charge is 2.23. The van der Waals surface area contributed by atoms with Gasteiger partial charge in [0.1, 0.15) is 18.1 Å². The normalized spacial score (nSPS) is 15.0. The van der Waals surface area contributed by atoms with Crippen LogP contribution in [0.2, 0.25) is 0 Å². The predicted molar refractivity (Wildman–Crippen MR) is 85.5 cm³/mol. The first kappa shape index (κ1) is 15.0. The monoisotopic (exact) mass is 312 g/mol. The van der Waals surface area contributed by atoms with Crippen molar-refractivity contribution in [2.24, 2.45) is 0 Å². The predicted octanol–water partition coefficient (Wildman–Crippen LogP) is 3.07. The molecule has 3 rings (SSSR count). The van der Waals surface area contributed by atoms with Gasteiger partial charge in [-0.1, -0.05) is 6.07 Å². The Bertz CT molecular complexity index is 792. The average molecular weight is 312 g/mol. The zero-order valence-corrected chi connectivity index (χ0v) is 12.8. The van der Waals surface area contributed by atoms with E-state index in [0.29, 0.717) is 33.9 Å². The van der Waals surface area contributed by atoms with Crippen LogP contribution in [0, 0.1) is 0 Å². The lowest BCUT2D eigenvalue weighted by Gasteiger charge is -2.19. The van der Waals surface area contributed by atoms with Crippen LogP contribution in [0.1, 0.15) is 15.9 Å². The van der Waals surface area contributed by atoms with Crippen LogP contribution in [0.3, 0.4) is 0 Å². The van der Waals surface area contributed by atoms with Gasteiger partial charge in [0.05, 0.1) is 19.8 Å². The summed E-state index contributed by atoms with van der Waals surface area (Å²) in [4.78, 5) is 12.6. The Morgan fingerprint density at radius 2 is 1.96 bits per heavy atom. The van der Waals surface area contributed by atoms with Crippen molar-refractivity contribution in [3.8, 4) is 23.0 Å². The number of hydrogen-bond donors (Lipinski definition) is 1. The molecule has 0 saturated heterocycles. The number of carbonyl (C=O) groups excluding carboxylic acids is 1. The summed E-state index contributed by atoms with van der Waals surface area (Å²) >= 11 is 0. The van der Waals surface area contributed by atoms with Crippen LogP contribution in [0.25, 0.3) is 6.08 Å². The molecule has 2 aromatic rings. The molecule has 2 aromatic carbocycles. The van der Waals surface area contributed by atoms with E-state index in [1.807, 2.05) is 0 Å². The summed E-state index contributed by atoms with van der Waals surface area (Å²) in [5, 5.41) is 9.82. The minimum absolute atomic E-state index is 0.0242. The second-order valence-electron chi connectivity index (χ2n) is 5.08. The lowest BCUT2D eigenvalue weighted by atomic mass is 9.98. The number of Topliss-reactive ketones (excluding diaryl/α,β-unsaturated/α-hetero) is 1. The lowest BCUT2D eigenvalue weighted by molar-refractivity contribution is 0.100. The topological polar surface area (TPSA) is 65.0 Å². The molecular weight excluding hydrogens is 296 g/mol. The van der Waals surface area contributed by atoms with Gasteiger partial charge in [0.15, 0.2) is 17.3 Å². The maximum Gasteiger partial charge on any atom is 0.196 e. The summed E-state index contributed by atoms with van der Waals surface area (Å²) in [7, 11) is 3.05. The van der Waals surface area contributed by atoms with E-state index in [2.05, 4.69) is 0 Å². The van der Waals surface area contributed by atoms with Crippen molar-refractivity contribution in [3.05, 3.63) is 53.1 Å². The van der Waals surface area contributed by atoms with E-state index in [-0.39, 0.29) is 18.1 Å². The number of aromatic hydroxyl groups is 1. The first-order chi connectivity index (χ1) is 11.1. The van der Waals surface area contributed by atoms with E-state index in [1.54, 1.807) is 49.6 Å². The summed E-state index contributed by atoms with van der Waals surface area (Å²) in [6.45, 7) is 0.172. The second kappa shape index (κ2) is 6.04. The summed E-state index contributed by atoms with van der Waals surface area (Å²) in [6.07, 6.45) is 1.70. The number of fused-ring (bicyclic) bond motifs is 1. The third-order valence-electron chi connectivity index (χ3n) is 3.65. The fourth-order valence-corrected chi connectivity index (χ4v) is 2.44. The molecule has 1 aliphatic heterocycles. The zero-order valence-electron chi connectivity index (χ0n) is 12.8. The molecule has 0 saturated carbocycles. The molecule has 1 heterocycles. The molecule has 1 N–H and O–H groups in total. The smallest absolute Gasteiger partial charge is 0.196 e. The number of benzene rings is 2. The first-order valence-electron chi connectivity index (χ1n) is 7.05. The van der Waals surface area contributed by atoms with Gasteiger partial charge < -0.3 is 19.3 Å². The number of hydrogen-bond acceptors (Lipinski definition) is 5. The lowest BCUT2D eigenvalue weighted by Crippen LogP contribution is -2.19. The highest BCUT2D eigenvalue weighted by molar-refractivity contribution is 6.14. The Morgan fingerprint density at radius 1 is 1.13 bits per heavy atom. The summed E-state index contributed by atoms with van der Waals surface area (Å²) < 4.78 is 15.8. The molecule has 118 valence electrons. The van der Waals surface area contributed by atoms with Gasteiger partial charge in [0.25, 0.3) is 0 Å². The molecule has 0 aliphatic carbocycles. The Labute approximate surface area is 133 Å². The fraction of sp³-hybridized carbons (Fsp3) is 0.167. The van der Waals surface area contributed by atoms with Crippen LogP contribution in [-0.2, 0) is 0 Å². The van der Waals surface area contributed by atoms with Gasteiger partial charge in [-0.05, 0) is 35.9 Å². The molecule has 5 heteroatoms. The van der Waals surface area contributed by atoms with E-state index < -0.39 is 0 Å². The Hall–Kier alpha value is -2.95. The summed E-state index contributed by atoms with van der Waals surface area (Å²) in [5.74, 6) is 1.48. The third kappa shape index (κ3) is 2.85. The van der Waals surface area contributed by atoms with Crippen molar-refractivity contribution in [1.29, 1.82) is 0 Å². The van der Waals surface area contributed by atoms with Crippen molar-refractivity contribution >= 4 is 11.9 Å². The molecule has 0 amide bonds. The fourth-order valence-electron chi connectivity index (χ4n) is 2.44. The number of rotatable bonds is 3. The van der Waals surface area contributed by atoms with Crippen LogP contribution in [0.4, 0.5) is 0 Å². The van der Waals surface area contributed by atoms with Crippen LogP contribution in [0.5, 0.6) is 23.0 Å². The van der Waals surface area contributed by atoms with Crippen molar-refractivity contribution in [3.63, 3.8) is 0 Å². The van der Waals surface area contributed by atoms with E-state index in [1.165, 1.54) is 7.11 Å². The number of phenolic OH excluding ortho intramolecular Hbond substituents is 1. The van der Waals surface area contributed by atoms with Gasteiger partial charge in [-0.25, -0.2) is 0 Å². The van der Waals surface area contributed by atoms with Crippen molar-refractivity contribution in [2.75, 3.05) is 20.8 Å². The van der Waals surface area contributed by atoms with Gasteiger partial charge >= 0.3 is 0 Å². The van der Waals surface area contributed by atoms with Gasteiger partial charge in [-0.15, -0.1) is 0 Å². The van der Waals surface area contributed by atoms with Crippen LogP contribution in [0.15, 0.2) is 42.0 Å². The molecular formula is C18H16O5. The summed E-state index contributed by atoms with van der Waals surface area (Å²) in [5.41, 5.74) is 1.72. The second-order valence-corrected chi connectivity index (χ2v) is 5.08. The molecule has 5 nitrogen and oxygen atoms in total. The molecule has 0 aromatic heterocycles. The highest BCUT2D eigenvalue weighted by Crippen LogP contribution is 2.32. The number of carbonyl (C=O) groups is 1. The van der Waals surface area contributed by atoms with Crippen molar-refractivity contribution < 1.29 is 24.1 Å². The zero-order chi connectivity index (χ0) is 16.4. The largest absolute Gasteiger partial charge is 0.504 e. The molecule has 0 bridgehead atoms. The molecule has 0 spiro atoms. The molecule has 23 heavy (non-hydrogen) atoms. The van der Waals surface area contributed by atoms with Crippen molar-refractivity contribution in [2.45, 2.75) is 0 Å². The molecule has 0 fully saturated rings. The number of ketones is 1. The Kier molecular flexibility index (Phi) is 3.93. The standard InChI is InChI=1S/C18H16O5/c1-21-13-4-5-14-17(9-13)23-10-12(18(14)20)7-11-3-6-16(22-2)15(19)8-11/h3-9,19H,10H2,1-2H3/b12-7+. The first-order valence-corrected chi connectivity index (χ1v) is 7.05. The average Bonchev–Trinajstić information content (AvgIpc) is 2.57. The Morgan fingerprint density at radius 3 is 2.65 bits per heavy atom. The number of ether oxygens (including phenoxy) is 3. The van der Waals surface area contributed by atoms with Gasteiger partial charge in [0.2, 0.25) is 0 Å². The van der Waals surface area contributed by atoms with Gasteiger partial charge in [0, 0.05) is 11.6 Å². The number of phenols is 1. The van der Waals surface area contributed by atoms with Crippen LogP contribution in [-0.4, -0.2) is 31.7 Å². The summed E-state index contributed by atoms with van der Waals surface area (Å²) in [6, 6.07) is 10.1. The van der Waals surface area contributed by atoms with E-state index in [9.17, 15) is 9.90 Å². The van der Waals surface area contributed by atoms with E-state index in [4.69, 9.17) is 14.2 Å². The maximum absolute atomic E-state index is 12.6. The SMILES string of the molecule is COc1ccc2c(c1)OC/C(=C\c1ccc(OC)c(O)c1)C2=O. The quantitative estimate of drug-likeness (QED) is 0.882. The van der Waals surface area contributed by atoms with E-state index >= 15 is 0 Å².